The first-order chi connectivity index (χ1) is 7.94. The molecule has 0 aliphatic carbocycles. The second kappa shape index (κ2) is 4.18. The van der Waals surface area contributed by atoms with Crippen LogP contribution in [0.25, 0.3) is 10.9 Å². The first kappa shape index (κ1) is 11.6. The standard InChI is InChI=1S/C12H16N4O/c1-12(2,13)6-11(17)15-9-3-4-10-8(5-9)7-14-16-10/h3-5,7H,6,13H2,1-2H3,(H,14,16)(H,15,17). The van der Waals surface area contributed by atoms with E-state index in [-0.39, 0.29) is 12.3 Å². The molecule has 1 heterocycles. The highest BCUT2D eigenvalue weighted by Crippen LogP contribution is 2.17. The molecule has 0 aliphatic rings. The minimum absolute atomic E-state index is 0.0830. The lowest BCUT2D eigenvalue weighted by Crippen LogP contribution is -2.36. The van der Waals surface area contributed by atoms with Crippen LogP contribution in [0.1, 0.15) is 20.3 Å². The molecule has 4 N–H and O–H groups in total. The fourth-order valence-electron chi connectivity index (χ4n) is 1.64. The van der Waals surface area contributed by atoms with Gasteiger partial charge in [-0.05, 0) is 32.0 Å². The van der Waals surface area contributed by atoms with E-state index in [0.717, 1.165) is 16.6 Å². The van der Waals surface area contributed by atoms with Gasteiger partial charge in [0.2, 0.25) is 5.91 Å². The number of nitrogens with zero attached hydrogens (tertiary/aromatic N) is 1. The van der Waals surface area contributed by atoms with Gasteiger partial charge < -0.3 is 11.1 Å². The molecule has 1 aromatic carbocycles. The maximum Gasteiger partial charge on any atom is 0.226 e. The highest BCUT2D eigenvalue weighted by molar-refractivity contribution is 5.94. The molecule has 0 aliphatic heterocycles. The summed E-state index contributed by atoms with van der Waals surface area (Å²) in [6.07, 6.45) is 2.01. The van der Waals surface area contributed by atoms with Crippen molar-refractivity contribution in [1.82, 2.24) is 10.2 Å². The Morgan fingerprint density at radius 3 is 3.00 bits per heavy atom. The predicted octanol–water partition coefficient (Wildman–Crippen LogP) is 1.63. The SMILES string of the molecule is CC(C)(N)CC(=O)Nc1ccc2[nH]ncc2c1. The number of aromatic nitrogens is 2. The Morgan fingerprint density at radius 2 is 2.29 bits per heavy atom. The number of carbonyl (C=O) groups excluding carboxylic acids is 1. The van der Waals surface area contributed by atoms with Gasteiger partial charge in [0.05, 0.1) is 11.7 Å². The second-order valence-electron chi connectivity index (χ2n) is 4.89. The van der Waals surface area contributed by atoms with E-state index in [1.54, 1.807) is 6.20 Å². The number of hydrogen-bond donors (Lipinski definition) is 3. The quantitative estimate of drug-likeness (QED) is 0.752. The van der Waals surface area contributed by atoms with Gasteiger partial charge in [-0.25, -0.2) is 0 Å². The number of amides is 1. The number of aromatic amines is 1. The topological polar surface area (TPSA) is 83.8 Å². The molecular weight excluding hydrogens is 216 g/mol. The molecule has 5 nitrogen and oxygen atoms in total. The zero-order valence-electron chi connectivity index (χ0n) is 9.95. The summed E-state index contributed by atoms with van der Waals surface area (Å²) < 4.78 is 0. The summed E-state index contributed by atoms with van der Waals surface area (Å²) in [6, 6.07) is 5.59. The normalized spacial score (nSPS) is 11.7. The number of nitrogens with two attached hydrogens (primary N) is 1. The number of H-pyrrole nitrogens is 1. The number of fused-ring (bicyclic) bond motifs is 1. The minimum atomic E-state index is -0.496. The molecule has 0 atom stereocenters. The minimum Gasteiger partial charge on any atom is -0.326 e. The van der Waals surface area contributed by atoms with E-state index in [0.29, 0.717) is 0 Å². The van der Waals surface area contributed by atoms with Crippen LogP contribution in [0.5, 0.6) is 0 Å². The molecule has 0 bridgehead atoms. The van der Waals surface area contributed by atoms with E-state index < -0.39 is 5.54 Å². The van der Waals surface area contributed by atoms with E-state index >= 15 is 0 Å². The third kappa shape index (κ3) is 3.04. The zero-order valence-corrected chi connectivity index (χ0v) is 9.95. The summed E-state index contributed by atoms with van der Waals surface area (Å²) in [5.41, 5.74) is 7.00. The van der Waals surface area contributed by atoms with Crippen LogP contribution in [0.4, 0.5) is 5.69 Å². The van der Waals surface area contributed by atoms with Gasteiger partial charge in [-0.2, -0.15) is 5.10 Å². The van der Waals surface area contributed by atoms with Crippen LogP contribution >= 0.6 is 0 Å². The van der Waals surface area contributed by atoms with Crippen molar-refractivity contribution in [2.75, 3.05) is 5.32 Å². The highest BCUT2D eigenvalue weighted by atomic mass is 16.1. The second-order valence-corrected chi connectivity index (χ2v) is 4.89. The summed E-state index contributed by atoms with van der Waals surface area (Å²) in [4.78, 5) is 11.7. The number of anilines is 1. The van der Waals surface area contributed by atoms with Gasteiger partial charge in [0.25, 0.3) is 0 Å². The van der Waals surface area contributed by atoms with E-state index in [4.69, 9.17) is 5.73 Å². The lowest BCUT2D eigenvalue weighted by molar-refractivity contribution is -0.117. The Balaban J connectivity index is 2.10. The van der Waals surface area contributed by atoms with Crippen LogP contribution < -0.4 is 11.1 Å². The maximum atomic E-state index is 11.7. The first-order valence-electron chi connectivity index (χ1n) is 5.46. The molecule has 0 saturated heterocycles. The molecule has 5 heteroatoms. The van der Waals surface area contributed by atoms with Gasteiger partial charge in [0.1, 0.15) is 0 Å². The van der Waals surface area contributed by atoms with Crippen molar-refractivity contribution in [2.45, 2.75) is 25.8 Å². The van der Waals surface area contributed by atoms with Crippen LogP contribution in [-0.4, -0.2) is 21.6 Å². The number of rotatable bonds is 3. The van der Waals surface area contributed by atoms with Gasteiger partial charge in [-0.15, -0.1) is 0 Å². The molecule has 17 heavy (non-hydrogen) atoms. The van der Waals surface area contributed by atoms with Crippen molar-refractivity contribution >= 4 is 22.5 Å². The smallest absolute Gasteiger partial charge is 0.226 e. The van der Waals surface area contributed by atoms with Crippen LogP contribution in [0, 0.1) is 0 Å². The molecule has 90 valence electrons. The van der Waals surface area contributed by atoms with E-state index in [2.05, 4.69) is 15.5 Å². The Bertz CT molecular complexity index is 539. The predicted molar refractivity (Wildman–Crippen MR) is 67.6 cm³/mol. The Morgan fingerprint density at radius 1 is 1.53 bits per heavy atom. The average Bonchev–Trinajstić information content (AvgIpc) is 2.61. The summed E-state index contributed by atoms with van der Waals surface area (Å²) in [7, 11) is 0. The van der Waals surface area contributed by atoms with E-state index in [1.807, 2.05) is 32.0 Å². The Labute approximate surface area is 99.4 Å². The third-order valence-corrected chi connectivity index (χ3v) is 2.34. The lowest BCUT2D eigenvalue weighted by atomic mass is 10.0. The van der Waals surface area contributed by atoms with Crippen molar-refractivity contribution in [3.63, 3.8) is 0 Å². The first-order valence-corrected chi connectivity index (χ1v) is 5.46. The monoisotopic (exact) mass is 232 g/mol. The third-order valence-electron chi connectivity index (χ3n) is 2.34. The molecule has 2 aromatic rings. The van der Waals surface area contributed by atoms with Crippen molar-refractivity contribution in [3.8, 4) is 0 Å². The fraction of sp³-hybridized carbons (Fsp3) is 0.333. The molecular formula is C12H16N4O. The van der Waals surface area contributed by atoms with Crippen LogP contribution in [0.2, 0.25) is 0 Å². The van der Waals surface area contributed by atoms with Gasteiger partial charge in [0.15, 0.2) is 0 Å². The lowest BCUT2D eigenvalue weighted by Gasteiger charge is -2.17. The number of carbonyl (C=O) groups is 1. The highest BCUT2D eigenvalue weighted by Gasteiger charge is 2.16. The molecule has 0 unspecified atom stereocenters. The molecule has 2 rings (SSSR count). The maximum absolute atomic E-state index is 11.7. The Kier molecular flexibility index (Phi) is 2.85. The average molecular weight is 232 g/mol. The van der Waals surface area contributed by atoms with Crippen LogP contribution in [0.15, 0.2) is 24.4 Å². The van der Waals surface area contributed by atoms with Crippen molar-refractivity contribution < 1.29 is 4.79 Å². The summed E-state index contributed by atoms with van der Waals surface area (Å²) in [5, 5.41) is 10.6. The molecule has 1 aromatic heterocycles. The Hall–Kier alpha value is -1.88. The van der Waals surface area contributed by atoms with Gasteiger partial charge in [0, 0.05) is 23.0 Å². The van der Waals surface area contributed by atoms with E-state index in [9.17, 15) is 4.79 Å². The van der Waals surface area contributed by atoms with Crippen molar-refractivity contribution in [1.29, 1.82) is 0 Å². The van der Waals surface area contributed by atoms with Crippen molar-refractivity contribution in [2.24, 2.45) is 5.73 Å². The fourth-order valence-corrected chi connectivity index (χ4v) is 1.64. The van der Waals surface area contributed by atoms with Gasteiger partial charge in [-0.3, -0.25) is 9.89 Å². The van der Waals surface area contributed by atoms with E-state index in [1.165, 1.54) is 0 Å². The summed E-state index contributed by atoms with van der Waals surface area (Å²) >= 11 is 0. The number of benzene rings is 1. The van der Waals surface area contributed by atoms with Gasteiger partial charge >= 0.3 is 0 Å². The van der Waals surface area contributed by atoms with Crippen LogP contribution in [-0.2, 0) is 4.79 Å². The van der Waals surface area contributed by atoms with Gasteiger partial charge in [-0.1, -0.05) is 0 Å². The molecule has 0 saturated carbocycles. The largest absolute Gasteiger partial charge is 0.326 e. The zero-order chi connectivity index (χ0) is 12.5. The summed E-state index contributed by atoms with van der Waals surface area (Å²) in [6.45, 7) is 3.65. The summed E-state index contributed by atoms with van der Waals surface area (Å²) in [5.74, 6) is -0.0830. The molecule has 1 amide bonds. The molecule has 0 spiro atoms. The van der Waals surface area contributed by atoms with Crippen molar-refractivity contribution in [3.05, 3.63) is 24.4 Å². The number of nitrogens with one attached hydrogen (secondary N) is 2. The molecule has 0 fully saturated rings. The number of hydrogen-bond acceptors (Lipinski definition) is 3. The van der Waals surface area contributed by atoms with Crippen LogP contribution in [0.3, 0.4) is 0 Å². The molecule has 0 radical (unpaired) electrons.